The van der Waals surface area contributed by atoms with E-state index in [0.29, 0.717) is 12.3 Å². The number of carbonyl (C=O) groups excluding carboxylic acids is 1. The molecule has 0 saturated heterocycles. The van der Waals surface area contributed by atoms with Crippen molar-refractivity contribution in [2.24, 2.45) is 5.92 Å². The van der Waals surface area contributed by atoms with E-state index in [-0.39, 0.29) is 24.2 Å². The molecule has 0 bridgehead atoms. The van der Waals surface area contributed by atoms with Crippen molar-refractivity contribution in [2.75, 3.05) is 6.54 Å². The highest BCUT2D eigenvalue weighted by Gasteiger charge is 2.19. The van der Waals surface area contributed by atoms with Crippen molar-refractivity contribution >= 4 is 5.91 Å². The third kappa shape index (κ3) is 7.23. The van der Waals surface area contributed by atoms with E-state index in [1.54, 1.807) is 26.0 Å². The van der Waals surface area contributed by atoms with E-state index in [0.717, 1.165) is 12.0 Å². The van der Waals surface area contributed by atoms with E-state index in [4.69, 9.17) is 0 Å². The van der Waals surface area contributed by atoms with Gasteiger partial charge in [-0.05, 0) is 49.8 Å². The summed E-state index contributed by atoms with van der Waals surface area (Å²) in [6.45, 7) is 7.73. The molecule has 118 valence electrons. The Morgan fingerprint density at radius 1 is 1.29 bits per heavy atom. The second-order valence-corrected chi connectivity index (χ2v) is 6.67. The van der Waals surface area contributed by atoms with Gasteiger partial charge in [0.2, 0.25) is 5.91 Å². The molecule has 0 aromatic heterocycles. The Labute approximate surface area is 126 Å². The Hall–Kier alpha value is -1.42. The highest BCUT2D eigenvalue weighted by atomic mass is 19.1. The Morgan fingerprint density at radius 3 is 2.33 bits per heavy atom. The van der Waals surface area contributed by atoms with Gasteiger partial charge in [-0.1, -0.05) is 26.0 Å². The van der Waals surface area contributed by atoms with Gasteiger partial charge in [0.05, 0.1) is 5.60 Å². The maximum absolute atomic E-state index is 13.0. The zero-order valence-corrected chi connectivity index (χ0v) is 13.3. The molecule has 4 heteroatoms. The van der Waals surface area contributed by atoms with Gasteiger partial charge >= 0.3 is 0 Å². The predicted octanol–water partition coefficient (Wildman–Crippen LogP) is 3.23. The van der Waals surface area contributed by atoms with Crippen LogP contribution in [-0.2, 0) is 4.79 Å². The summed E-state index contributed by atoms with van der Waals surface area (Å²) in [7, 11) is 0. The average molecular weight is 295 g/mol. The summed E-state index contributed by atoms with van der Waals surface area (Å²) in [5.41, 5.74) is 0.0579. The number of amides is 1. The van der Waals surface area contributed by atoms with Crippen molar-refractivity contribution in [3.8, 4) is 0 Å². The Kier molecular flexibility index (Phi) is 6.34. The zero-order chi connectivity index (χ0) is 16.0. The quantitative estimate of drug-likeness (QED) is 0.811. The number of hydrogen-bond donors (Lipinski definition) is 2. The molecule has 0 saturated carbocycles. The molecule has 0 aliphatic heterocycles. The molecule has 1 atom stereocenters. The number of benzene rings is 1. The molecular weight excluding hydrogens is 269 g/mol. The summed E-state index contributed by atoms with van der Waals surface area (Å²) in [5.74, 6) is 0.148. The maximum Gasteiger partial charge on any atom is 0.220 e. The molecule has 1 aromatic rings. The van der Waals surface area contributed by atoms with Gasteiger partial charge in [-0.15, -0.1) is 0 Å². The molecule has 0 spiro atoms. The van der Waals surface area contributed by atoms with Gasteiger partial charge in [0.1, 0.15) is 5.82 Å². The second-order valence-electron chi connectivity index (χ2n) is 6.67. The first kappa shape index (κ1) is 17.6. The van der Waals surface area contributed by atoms with Crippen LogP contribution in [0.15, 0.2) is 24.3 Å². The molecule has 0 aliphatic carbocycles. The fourth-order valence-corrected chi connectivity index (χ4v) is 2.25. The van der Waals surface area contributed by atoms with Gasteiger partial charge in [0.25, 0.3) is 0 Å². The summed E-state index contributed by atoms with van der Waals surface area (Å²) in [6, 6.07) is 6.34. The van der Waals surface area contributed by atoms with Crippen LogP contribution >= 0.6 is 0 Å². The van der Waals surface area contributed by atoms with Crippen LogP contribution in [-0.4, -0.2) is 23.2 Å². The molecule has 0 radical (unpaired) electrons. The summed E-state index contributed by atoms with van der Waals surface area (Å²) in [4.78, 5) is 12.0. The van der Waals surface area contributed by atoms with Crippen molar-refractivity contribution in [3.63, 3.8) is 0 Å². The Bertz CT molecular complexity index is 449. The van der Waals surface area contributed by atoms with Gasteiger partial charge in [-0.25, -0.2) is 4.39 Å². The fraction of sp³-hybridized carbons (Fsp3) is 0.588. The van der Waals surface area contributed by atoms with E-state index in [1.165, 1.54) is 12.1 Å². The zero-order valence-electron chi connectivity index (χ0n) is 13.3. The van der Waals surface area contributed by atoms with Crippen LogP contribution in [0.1, 0.15) is 52.0 Å². The average Bonchev–Trinajstić information content (AvgIpc) is 2.35. The van der Waals surface area contributed by atoms with Crippen molar-refractivity contribution in [2.45, 2.75) is 52.1 Å². The number of nitrogens with one attached hydrogen (secondary N) is 1. The van der Waals surface area contributed by atoms with Crippen LogP contribution in [0.25, 0.3) is 0 Å². The highest BCUT2D eigenvalue weighted by Crippen LogP contribution is 2.27. The smallest absolute Gasteiger partial charge is 0.220 e. The maximum atomic E-state index is 13.0. The van der Waals surface area contributed by atoms with Crippen LogP contribution in [0.3, 0.4) is 0 Å². The number of rotatable bonds is 7. The minimum absolute atomic E-state index is 0.0624. The first-order chi connectivity index (χ1) is 9.67. The topological polar surface area (TPSA) is 49.3 Å². The second kappa shape index (κ2) is 7.55. The van der Waals surface area contributed by atoms with Crippen molar-refractivity contribution in [1.29, 1.82) is 0 Å². The molecule has 1 amide bonds. The number of halogens is 1. The van der Waals surface area contributed by atoms with Gasteiger partial charge in [0.15, 0.2) is 0 Å². The Balaban J connectivity index is 2.70. The molecule has 1 unspecified atom stereocenters. The minimum atomic E-state index is -0.918. The third-order valence-corrected chi connectivity index (χ3v) is 3.25. The lowest BCUT2D eigenvalue weighted by molar-refractivity contribution is -0.122. The summed E-state index contributed by atoms with van der Waals surface area (Å²) in [6.07, 6.45) is 1.21. The van der Waals surface area contributed by atoms with Gasteiger partial charge < -0.3 is 10.4 Å². The standard InChI is InChI=1S/C17H26FNO2/c1-12(2)9-14(13-5-7-15(18)8-6-13)10-16(20)19-11-17(3,4)21/h5-8,12,14,21H,9-11H2,1-4H3,(H,19,20). The SMILES string of the molecule is CC(C)CC(CC(=O)NCC(C)(C)O)c1ccc(F)cc1. The van der Waals surface area contributed by atoms with Gasteiger partial charge in [-0.3, -0.25) is 4.79 Å². The molecule has 0 heterocycles. The Morgan fingerprint density at radius 2 is 1.86 bits per heavy atom. The van der Waals surface area contributed by atoms with Crippen LogP contribution in [0.4, 0.5) is 4.39 Å². The van der Waals surface area contributed by atoms with E-state index >= 15 is 0 Å². The number of hydrogen-bond acceptors (Lipinski definition) is 2. The predicted molar refractivity (Wildman–Crippen MR) is 82.5 cm³/mol. The van der Waals surface area contributed by atoms with E-state index in [1.807, 2.05) is 0 Å². The first-order valence-electron chi connectivity index (χ1n) is 7.42. The molecule has 1 aromatic carbocycles. The largest absolute Gasteiger partial charge is 0.389 e. The van der Waals surface area contributed by atoms with Crippen molar-refractivity contribution in [3.05, 3.63) is 35.6 Å². The van der Waals surface area contributed by atoms with Crippen molar-refractivity contribution in [1.82, 2.24) is 5.32 Å². The lowest BCUT2D eigenvalue weighted by atomic mass is 9.87. The lowest BCUT2D eigenvalue weighted by Crippen LogP contribution is -2.38. The van der Waals surface area contributed by atoms with Gasteiger partial charge in [-0.2, -0.15) is 0 Å². The van der Waals surface area contributed by atoms with Crippen molar-refractivity contribution < 1.29 is 14.3 Å². The lowest BCUT2D eigenvalue weighted by Gasteiger charge is -2.21. The van der Waals surface area contributed by atoms with Crippen LogP contribution < -0.4 is 5.32 Å². The van der Waals surface area contributed by atoms with Crippen LogP contribution in [0, 0.1) is 11.7 Å². The molecule has 3 nitrogen and oxygen atoms in total. The monoisotopic (exact) mass is 295 g/mol. The number of carbonyl (C=O) groups is 1. The number of aliphatic hydroxyl groups is 1. The van der Waals surface area contributed by atoms with Gasteiger partial charge in [0, 0.05) is 13.0 Å². The molecular formula is C17H26FNO2. The normalized spacial score (nSPS) is 13.3. The fourth-order valence-electron chi connectivity index (χ4n) is 2.25. The molecule has 1 rings (SSSR count). The molecule has 21 heavy (non-hydrogen) atoms. The minimum Gasteiger partial charge on any atom is -0.389 e. The van der Waals surface area contributed by atoms with E-state index < -0.39 is 5.60 Å². The van der Waals surface area contributed by atoms with E-state index in [2.05, 4.69) is 19.2 Å². The summed E-state index contributed by atoms with van der Waals surface area (Å²) >= 11 is 0. The summed E-state index contributed by atoms with van der Waals surface area (Å²) in [5, 5.41) is 12.4. The van der Waals surface area contributed by atoms with E-state index in [9.17, 15) is 14.3 Å². The molecule has 0 aliphatic rings. The highest BCUT2D eigenvalue weighted by molar-refractivity contribution is 5.77. The molecule has 2 N–H and O–H groups in total. The third-order valence-electron chi connectivity index (χ3n) is 3.25. The first-order valence-corrected chi connectivity index (χ1v) is 7.42. The summed E-state index contributed by atoms with van der Waals surface area (Å²) < 4.78 is 13.0. The molecule has 0 fully saturated rings. The van der Waals surface area contributed by atoms with Crippen LogP contribution in [0.5, 0.6) is 0 Å². The van der Waals surface area contributed by atoms with Crippen LogP contribution in [0.2, 0.25) is 0 Å².